The number of para-hydroxylation sites is 2. The summed E-state index contributed by atoms with van der Waals surface area (Å²) in [4.78, 5) is 58.4. The maximum Gasteiger partial charge on any atom is 0.326 e. The topological polar surface area (TPSA) is 182 Å². The average molecular weight is 575 g/mol. The highest BCUT2D eigenvalue weighted by Crippen LogP contribution is 2.21. The maximum absolute atomic E-state index is 13.8. The molecule has 5 unspecified atom stereocenters. The van der Waals surface area contributed by atoms with Crippen LogP contribution in [-0.4, -0.2) is 62.9 Å². The third kappa shape index (κ3) is 6.98. The number of amides is 3. The number of benzene rings is 2. The first-order valence-electron chi connectivity index (χ1n) is 14.1. The van der Waals surface area contributed by atoms with Gasteiger partial charge >= 0.3 is 5.97 Å². The fourth-order valence-corrected chi connectivity index (χ4v) is 4.97. The molecule has 8 N–H and O–H groups in total. The molecule has 3 amide bonds. The van der Waals surface area contributed by atoms with Gasteiger partial charge in [-0.3, -0.25) is 14.4 Å². The molecule has 0 fully saturated rings. The summed E-state index contributed by atoms with van der Waals surface area (Å²) >= 11 is 0. The van der Waals surface area contributed by atoms with Gasteiger partial charge in [-0.25, -0.2) is 4.79 Å². The number of carbonyl (C=O) groups is 4. The van der Waals surface area contributed by atoms with E-state index in [0.717, 1.165) is 32.9 Å². The number of fused-ring (bicyclic) bond motifs is 2. The summed E-state index contributed by atoms with van der Waals surface area (Å²) < 4.78 is 0. The van der Waals surface area contributed by atoms with Crippen molar-refractivity contribution in [3.8, 4) is 0 Å². The molecule has 0 aliphatic rings. The van der Waals surface area contributed by atoms with Crippen molar-refractivity contribution < 1.29 is 24.3 Å². The van der Waals surface area contributed by atoms with Crippen LogP contribution in [0.2, 0.25) is 0 Å². The predicted octanol–water partition coefficient (Wildman–Crippen LogP) is 2.37. The van der Waals surface area contributed by atoms with Crippen LogP contribution in [0.5, 0.6) is 0 Å². The molecule has 4 aromatic rings. The van der Waals surface area contributed by atoms with Crippen molar-refractivity contribution in [1.29, 1.82) is 0 Å². The van der Waals surface area contributed by atoms with Gasteiger partial charge in [-0.15, -0.1) is 0 Å². The van der Waals surface area contributed by atoms with Gasteiger partial charge in [0.25, 0.3) is 0 Å². The van der Waals surface area contributed by atoms with E-state index in [1.807, 2.05) is 55.5 Å². The van der Waals surface area contributed by atoms with Crippen LogP contribution in [0.1, 0.15) is 38.3 Å². The highest BCUT2D eigenvalue weighted by molar-refractivity contribution is 5.95. The number of carboxylic acids is 1. The summed E-state index contributed by atoms with van der Waals surface area (Å²) in [6, 6.07) is 11.0. The quantitative estimate of drug-likeness (QED) is 0.129. The minimum Gasteiger partial charge on any atom is -0.480 e. The SMILES string of the molecule is CCC(C)C(NC(=O)C(Cc1c[nH]c2ccccc12)NC(=O)C(Cc1c[nH]c2ccccc12)NC(=O)C(C)N)C(=O)O. The van der Waals surface area contributed by atoms with E-state index in [2.05, 4.69) is 25.9 Å². The van der Waals surface area contributed by atoms with Crippen molar-refractivity contribution in [2.24, 2.45) is 11.7 Å². The summed E-state index contributed by atoms with van der Waals surface area (Å²) in [6.07, 6.45) is 4.31. The number of rotatable bonds is 13. The number of nitrogens with one attached hydrogen (secondary N) is 5. The smallest absolute Gasteiger partial charge is 0.326 e. The molecule has 0 bridgehead atoms. The molecule has 2 aromatic heterocycles. The Morgan fingerprint density at radius 1 is 0.762 bits per heavy atom. The Morgan fingerprint density at radius 3 is 1.67 bits per heavy atom. The van der Waals surface area contributed by atoms with Crippen molar-refractivity contribution in [2.75, 3.05) is 0 Å². The van der Waals surface area contributed by atoms with Crippen LogP contribution in [-0.2, 0) is 32.0 Å². The molecule has 2 aromatic carbocycles. The fraction of sp³-hybridized carbons (Fsp3) is 0.355. The molecule has 0 saturated carbocycles. The minimum atomic E-state index is -1.16. The van der Waals surface area contributed by atoms with E-state index in [1.165, 1.54) is 6.92 Å². The Hall–Kier alpha value is -4.64. The van der Waals surface area contributed by atoms with Gasteiger partial charge in [0.2, 0.25) is 17.7 Å². The number of H-pyrrole nitrogens is 2. The van der Waals surface area contributed by atoms with Crippen LogP contribution < -0.4 is 21.7 Å². The summed E-state index contributed by atoms with van der Waals surface area (Å²) in [5, 5.41) is 19.7. The van der Waals surface area contributed by atoms with Crippen LogP contribution >= 0.6 is 0 Å². The molecule has 11 nitrogen and oxygen atoms in total. The van der Waals surface area contributed by atoms with Gasteiger partial charge in [0.1, 0.15) is 18.1 Å². The zero-order chi connectivity index (χ0) is 30.4. The Morgan fingerprint density at radius 2 is 1.21 bits per heavy atom. The monoisotopic (exact) mass is 574 g/mol. The molecule has 0 saturated heterocycles. The van der Waals surface area contributed by atoms with Gasteiger partial charge in [0.05, 0.1) is 6.04 Å². The van der Waals surface area contributed by atoms with Gasteiger partial charge in [0.15, 0.2) is 0 Å². The molecule has 0 spiro atoms. The van der Waals surface area contributed by atoms with E-state index in [-0.39, 0.29) is 18.8 Å². The molecule has 4 rings (SSSR count). The summed E-state index contributed by atoms with van der Waals surface area (Å²) in [7, 11) is 0. The van der Waals surface area contributed by atoms with Gasteiger partial charge in [-0.1, -0.05) is 56.7 Å². The molecule has 5 atom stereocenters. The van der Waals surface area contributed by atoms with E-state index in [0.29, 0.717) is 6.42 Å². The predicted molar refractivity (Wildman–Crippen MR) is 161 cm³/mol. The number of nitrogens with two attached hydrogens (primary N) is 1. The maximum atomic E-state index is 13.8. The van der Waals surface area contributed by atoms with Gasteiger partial charge in [-0.05, 0) is 36.1 Å². The number of hydrogen-bond acceptors (Lipinski definition) is 5. The molecule has 42 heavy (non-hydrogen) atoms. The zero-order valence-electron chi connectivity index (χ0n) is 23.9. The first kappa shape index (κ1) is 30.3. The fourth-order valence-electron chi connectivity index (χ4n) is 4.97. The molecular formula is C31H38N6O5. The Kier molecular flexibility index (Phi) is 9.64. The highest BCUT2D eigenvalue weighted by atomic mass is 16.4. The van der Waals surface area contributed by atoms with Crippen molar-refractivity contribution >= 4 is 45.5 Å². The number of aromatic nitrogens is 2. The summed E-state index contributed by atoms with van der Waals surface area (Å²) in [5.41, 5.74) is 9.11. The number of carbonyl (C=O) groups excluding carboxylic acids is 3. The van der Waals surface area contributed by atoms with Gasteiger partial charge < -0.3 is 36.8 Å². The lowest BCUT2D eigenvalue weighted by molar-refractivity contribution is -0.143. The van der Waals surface area contributed by atoms with E-state index < -0.39 is 47.9 Å². The molecule has 222 valence electrons. The van der Waals surface area contributed by atoms with Crippen LogP contribution in [0.25, 0.3) is 21.8 Å². The summed E-state index contributed by atoms with van der Waals surface area (Å²) in [5.74, 6) is -3.24. The molecule has 0 aliphatic heterocycles. The normalized spacial score (nSPS) is 15.0. The average Bonchev–Trinajstić information content (AvgIpc) is 3.58. The number of carboxylic acid groups (broad SMARTS) is 1. The third-order valence-corrected chi connectivity index (χ3v) is 7.65. The van der Waals surface area contributed by atoms with Crippen LogP contribution in [0.3, 0.4) is 0 Å². The van der Waals surface area contributed by atoms with E-state index in [1.54, 1.807) is 19.3 Å². The number of aliphatic carboxylic acids is 1. The molecule has 2 heterocycles. The Balaban J connectivity index is 1.64. The number of aromatic amines is 2. The molecule has 11 heteroatoms. The highest BCUT2D eigenvalue weighted by Gasteiger charge is 2.32. The van der Waals surface area contributed by atoms with Crippen molar-refractivity contribution in [3.63, 3.8) is 0 Å². The van der Waals surface area contributed by atoms with E-state index in [9.17, 15) is 24.3 Å². The second-order valence-corrected chi connectivity index (χ2v) is 10.7. The van der Waals surface area contributed by atoms with Crippen molar-refractivity contribution in [2.45, 2.75) is 64.2 Å². The Labute approximate surface area is 243 Å². The van der Waals surface area contributed by atoms with Crippen LogP contribution in [0.4, 0.5) is 0 Å². The first-order chi connectivity index (χ1) is 20.1. The second-order valence-electron chi connectivity index (χ2n) is 10.7. The third-order valence-electron chi connectivity index (χ3n) is 7.65. The molecule has 0 radical (unpaired) electrons. The van der Waals surface area contributed by atoms with Crippen molar-refractivity contribution in [1.82, 2.24) is 25.9 Å². The van der Waals surface area contributed by atoms with E-state index >= 15 is 0 Å². The molecular weight excluding hydrogens is 536 g/mol. The Bertz CT molecular complexity index is 1570. The molecule has 0 aliphatic carbocycles. The van der Waals surface area contributed by atoms with Gasteiger partial charge in [-0.2, -0.15) is 0 Å². The lowest BCUT2D eigenvalue weighted by atomic mass is 9.97. The van der Waals surface area contributed by atoms with E-state index in [4.69, 9.17) is 5.73 Å². The zero-order valence-corrected chi connectivity index (χ0v) is 23.9. The largest absolute Gasteiger partial charge is 0.480 e. The van der Waals surface area contributed by atoms with Gasteiger partial charge in [0, 0.05) is 47.0 Å². The lowest BCUT2D eigenvalue weighted by Crippen LogP contribution is -2.58. The lowest BCUT2D eigenvalue weighted by Gasteiger charge is -2.26. The number of hydrogen-bond donors (Lipinski definition) is 7. The standard InChI is InChI=1S/C31H38N6O5/c1-4-17(2)27(31(41)42)37-30(40)26(14-20-16-34-24-12-8-6-10-22(20)24)36-29(39)25(35-28(38)18(3)32)13-19-15-33-23-11-7-5-9-21(19)23/h5-12,15-18,25-27,33-34H,4,13-14,32H2,1-3H3,(H,35,38)(H,36,39)(H,37,40)(H,41,42). The second kappa shape index (κ2) is 13.3. The first-order valence-corrected chi connectivity index (χ1v) is 14.1. The summed E-state index contributed by atoms with van der Waals surface area (Å²) in [6.45, 7) is 5.10. The van der Waals surface area contributed by atoms with Crippen LogP contribution in [0, 0.1) is 5.92 Å². The van der Waals surface area contributed by atoms with Crippen molar-refractivity contribution in [3.05, 3.63) is 72.1 Å². The van der Waals surface area contributed by atoms with Crippen LogP contribution in [0.15, 0.2) is 60.9 Å². The minimum absolute atomic E-state index is 0.0927.